The molecule has 20 heavy (non-hydrogen) atoms. The number of hydrogen-bond donors (Lipinski definition) is 2. The molecule has 0 spiro atoms. The van der Waals surface area contributed by atoms with Gasteiger partial charge in [0.15, 0.2) is 0 Å². The Balaban J connectivity index is 1.86. The number of rotatable bonds is 6. The highest BCUT2D eigenvalue weighted by atomic mass is 15.3. The third kappa shape index (κ3) is 2.87. The average molecular weight is 273 g/mol. The van der Waals surface area contributed by atoms with Gasteiger partial charge in [-0.1, -0.05) is 13.8 Å². The van der Waals surface area contributed by atoms with Crippen molar-refractivity contribution in [2.45, 2.75) is 32.7 Å². The normalized spacial score (nSPS) is 20.7. The molecule has 2 aromatic rings. The van der Waals surface area contributed by atoms with E-state index in [0.717, 1.165) is 13.0 Å². The number of anilines is 2. The van der Waals surface area contributed by atoms with Gasteiger partial charge in [-0.25, -0.2) is 4.98 Å². The topological polar surface area (TPSA) is 80.5 Å². The molecule has 2 N–H and O–H groups in total. The first-order valence-corrected chi connectivity index (χ1v) is 7.01. The molecule has 0 aliphatic heterocycles. The van der Waals surface area contributed by atoms with Crippen molar-refractivity contribution in [3.8, 4) is 5.95 Å². The van der Waals surface area contributed by atoms with E-state index in [1.807, 2.05) is 6.20 Å². The van der Waals surface area contributed by atoms with Gasteiger partial charge < -0.3 is 10.6 Å². The number of nitrogens with one attached hydrogen (secondary N) is 2. The van der Waals surface area contributed by atoms with Crippen LogP contribution in [0.4, 0.5) is 11.9 Å². The lowest BCUT2D eigenvalue weighted by Crippen LogP contribution is -2.14. The zero-order valence-electron chi connectivity index (χ0n) is 11.7. The summed E-state index contributed by atoms with van der Waals surface area (Å²) in [4.78, 5) is 17.3. The standard InChI is InChI=1S/C13H19N7/c1-3-4-15-11-17-12(16-10-7-9(10)2)19-13(18-11)20-6-5-14-8-20/h5-6,8-10H,3-4,7H2,1-2H3,(H2,15,16,17,18,19). The summed E-state index contributed by atoms with van der Waals surface area (Å²) in [6.07, 6.45) is 7.41. The van der Waals surface area contributed by atoms with Crippen molar-refractivity contribution in [2.75, 3.05) is 17.2 Å². The number of aromatic nitrogens is 5. The van der Waals surface area contributed by atoms with Gasteiger partial charge in [0, 0.05) is 25.0 Å². The fourth-order valence-corrected chi connectivity index (χ4v) is 1.93. The molecule has 2 aromatic heterocycles. The maximum Gasteiger partial charge on any atom is 0.241 e. The van der Waals surface area contributed by atoms with Crippen LogP contribution in [0.3, 0.4) is 0 Å². The quantitative estimate of drug-likeness (QED) is 0.834. The molecular formula is C13H19N7. The molecule has 1 aliphatic carbocycles. The fourth-order valence-electron chi connectivity index (χ4n) is 1.93. The second-order valence-corrected chi connectivity index (χ2v) is 5.14. The van der Waals surface area contributed by atoms with Gasteiger partial charge in [-0.05, 0) is 18.8 Å². The van der Waals surface area contributed by atoms with Crippen LogP contribution in [-0.2, 0) is 0 Å². The monoisotopic (exact) mass is 273 g/mol. The Morgan fingerprint density at radius 2 is 2.10 bits per heavy atom. The summed E-state index contributed by atoms with van der Waals surface area (Å²) in [6.45, 7) is 5.16. The van der Waals surface area contributed by atoms with Crippen molar-refractivity contribution < 1.29 is 0 Å². The fraction of sp³-hybridized carbons (Fsp3) is 0.538. The Kier molecular flexibility index (Phi) is 3.49. The van der Waals surface area contributed by atoms with Gasteiger partial charge in [-0.3, -0.25) is 4.57 Å². The lowest BCUT2D eigenvalue weighted by atomic mass is 10.5. The highest BCUT2D eigenvalue weighted by Crippen LogP contribution is 2.31. The van der Waals surface area contributed by atoms with Crippen LogP contribution in [0.1, 0.15) is 26.7 Å². The van der Waals surface area contributed by atoms with Crippen LogP contribution in [0.2, 0.25) is 0 Å². The summed E-state index contributed by atoms with van der Waals surface area (Å²) in [6, 6.07) is 0.479. The molecule has 0 amide bonds. The summed E-state index contributed by atoms with van der Waals surface area (Å²) in [5, 5.41) is 6.55. The summed E-state index contributed by atoms with van der Waals surface area (Å²) < 4.78 is 1.78. The first-order chi connectivity index (χ1) is 9.76. The van der Waals surface area contributed by atoms with Crippen LogP contribution in [-0.4, -0.2) is 37.1 Å². The van der Waals surface area contributed by atoms with Gasteiger partial charge in [-0.2, -0.15) is 15.0 Å². The van der Waals surface area contributed by atoms with Crippen LogP contribution < -0.4 is 10.6 Å². The maximum atomic E-state index is 4.45. The molecule has 0 saturated heterocycles. The van der Waals surface area contributed by atoms with Crippen molar-refractivity contribution >= 4 is 11.9 Å². The van der Waals surface area contributed by atoms with E-state index < -0.39 is 0 Å². The first kappa shape index (κ1) is 12.8. The first-order valence-electron chi connectivity index (χ1n) is 7.01. The van der Waals surface area contributed by atoms with Crippen LogP contribution in [0, 0.1) is 5.92 Å². The smallest absolute Gasteiger partial charge is 0.241 e. The molecule has 1 fully saturated rings. The Morgan fingerprint density at radius 1 is 1.30 bits per heavy atom. The minimum atomic E-state index is 0.479. The van der Waals surface area contributed by atoms with E-state index >= 15 is 0 Å². The Bertz CT molecular complexity index is 566. The third-order valence-corrected chi connectivity index (χ3v) is 3.32. The van der Waals surface area contributed by atoms with Gasteiger partial charge in [0.25, 0.3) is 0 Å². The van der Waals surface area contributed by atoms with Gasteiger partial charge in [0.1, 0.15) is 6.33 Å². The zero-order chi connectivity index (χ0) is 13.9. The lowest BCUT2D eigenvalue weighted by Gasteiger charge is -2.09. The number of hydrogen-bond acceptors (Lipinski definition) is 6. The van der Waals surface area contributed by atoms with Crippen LogP contribution in [0.25, 0.3) is 5.95 Å². The maximum absolute atomic E-state index is 4.45. The van der Waals surface area contributed by atoms with Crippen molar-refractivity contribution in [3.05, 3.63) is 18.7 Å². The summed E-state index contributed by atoms with van der Waals surface area (Å²) in [5.41, 5.74) is 0. The Morgan fingerprint density at radius 3 is 2.75 bits per heavy atom. The van der Waals surface area contributed by atoms with E-state index in [1.165, 1.54) is 6.42 Å². The zero-order valence-corrected chi connectivity index (χ0v) is 11.7. The summed E-state index contributed by atoms with van der Waals surface area (Å²) >= 11 is 0. The van der Waals surface area contributed by atoms with Crippen molar-refractivity contribution in [1.29, 1.82) is 0 Å². The third-order valence-electron chi connectivity index (χ3n) is 3.32. The predicted molar refractivity (Wildman–Crippen MR) is 76.9 cm³/mol. The molecule has 3 rings (SSSR count). The molecule has 7 nitrogen and oxygen atoms in total. The molecule has 0 aromatic carbocycles. The van der Waals surface area contributed by atoms with Gasteiger partial charge in [0.05, 0.1) is 0 Å². The highest BCUT2D eigenvalue weighted by Gasteiger charge is 2.33. The minimum Gasteiger partial charge on any atom is -0.354 e. The molecule has 0 radical (unpaired) electrons. The van der Waals surface area contributed by atoms with Crippen molar-refractivity contribution in [1.82, 2.24) is 24.5 Å². The Hall–Kier alpha value is -2.18. The van der Waals surface area contributed by atoms with E-state index in [0.29, 0.717) is 29.8 Å². The summed E-state index contributed by atoms with van der Waals surface area (Å²) in [5.74, 6) is 2.49. The van der Waals surface area contributed by atoms with E-state index in [-0.39, 0.29) is 0 Å². The molecule has 1 saturated carbocycles. The Labute approximate surface area is 117 Å². The van der Waals surface area contributed by atoms with Gasteiger partial charge in [0.2, 0.25) is 17.8 Å². The SMILES string of the molecule is CCCNc1nc(NC2CC2C)nc(-n2ccnc2)n1. The molecule has 106 valence electrons. The van der Waals surface area contributed by atoms with Crippen LogP contribution in [0.15, 0.2) is 18.7 Å². The number of nitrogens with zero attached hydrogens (tertiary/aromatic N) is 5. The largest absolute Gasteiger partial charge is 0.354 e. The molecule has 1 aliphatic rings. The molecular weight excluding hydrogens is 254 g/mol. The van der Waals surface area contributed by atoms with Crippen molar-refractivity contribution in [2.24, 2.45) is 5.92 Å². The van der Waals surface area contributed by atoms with Gasteiger partial charge in [-0.15, -0.1) is 0 Å². The molecule has 2 heterocycles. The molecule has 0 bridgehead atoms. The van der Waals surface area contributed by atoms with E-state index in [2.05, 4.69) is 44.4 Å². The van der Waals surface area contributed by atoms with E-state index in [4.69, 9.17) is 0 Å². The van der Waals surface area contributed by atoms with Crippen LogP contribution >= 0.6 is 0 Å². The second-order valence-electron chi connectivity index (χ2n) is 5.14. The van der Waals surface area contributed by atoms with Crippen molar-refractivity contribution in [3.63, 3.8) is 0 Å². The molecule has 2 unspecified atom stereocenters. The predicted octanol–water partition coefficient (Wildman–Crippen LogP) is 1.70. The average Bonchev–Trinajstić information content (AvgIpc) is 2.96. The highest BCUT2D eigenvalue weighted by molar-refractivity contribution is 5.39. The van der Waals surface area contributed by atoms with E-state index in [9.17, 15) is 0 Å². The van der Waals surface area contributed by atoms with E-state index in [1.54, 1.807) is 17.1 Å². The molecule has 2 atom stereocenters. The second kappa shape index (κ2) is 5.44. The lowest BCUT2D eigenvalue weighted by molar-refractivity contribution is 0.861. The number of imidazole rings is 1. The summed E-state index contributed by atoms with van der Waals surface area (Å²) in [7, 11) is 0. The minimum absolute atomic E-state index is 0.479. The van der Waals surface area contributed by atoms with Crippen LogP contribution in [0.5, 0.6) is 0 Å². The molecule has 7 heteroatoms. The van der Waals surface area contributed by atoms with Gasteiger partial charge >= 0.3 is 0 Å².